The van der Waals surface area contributed by atoms with Gasteiger partial charge in [-0.1, -0.05) is 20.8 Å². The van der Waals surface area contributed by atoms with Gasteiger partial charge < -0.3 is 0 Å². The summed E-state index contributed by atoms with van der Waals surface area (Å²) in [7, 11) is -2.48. The standard InChI is InChI=1S/C7H18N2O2S/c1-4-7(8-12(10)11)9(5-2)6-3/h7,12H,4-6H2,1-3H3,(H,8,10,11). The molecule has 74 valence electrons. The molecule has 0 aliphatic rings. The lowest BCUT2D eigenvalue weighted by molar-refractivity contribution is 0.201. The maximum atomic E-state index is 10.4. The second-order valence-corrected chi connectivity index (χ2v) is 3.30. The molecule has 1 N–H and O–H groups in total. The van der Waals surface area contributed by atoms with Crippen LogP contribution in [0.1, 0.15) is 27.2 Å². The third kappa shape index (κ3) is 4.04. The molecule has 0 amide bonds. The summed E-state index contributed by atoms with van der Waals surface area (Å²) >= 11 is 0. The highest BCUT2D eigenvalue weighted by Crippen LogP contribution is 1.99. The zero-order valence-electron chi connectivity index (χ0n) is 7.91. The molecule has 1 atom stereocenters. The Hall–Kier alpha value is -0.130. The summed E-state index contributed by atoms with van der Waals surface area (Å²) in [5, 5.41) is 0. The summed E-state index contributed by atoms with van der Waals surface area (Å²) < 4.78 is 23.3. The van der Waals surface area contributed by atoms with Crippen molar-refractivity contribution in [1.29, 1.82) is 0 Å². The minimum absolute atomic E-state index is 0.0406. The van der Waals surface area contributed by atoms with E-state index in [1.165, 1.54) is 0 Å². The van der Waals surface area contributed by atoms with E-state index in [9.17, 15) is 8.42 Å². The second-order valence-electron chi connectivity index (χ2n) is 2.53. The Morgan fingerprint density at radius 1 is 1.25 bits per heavy atom. The third-order valence-corrected chi connectivity index (χ3v) is 2.40. The minimum Gasteiger partial charge on any atom is -0.288 e. The molecule has 0 saturated heterocycles. The van der Waals surface area contributed by atoms with E-state index in [-0.39, 0.29) is 6.17 Å². The van der Waals surface area contributed by atoms with Gasteiger partial charge in [0.15, 0.2) is 0 Å². The van der Waals surface area contributed by atoms with Crippen molar-refractivity contribution in [3.63, 3.8) is 0 Å². The summed E-state index contributed by atoms with van der Waals surface area (Å²) in [4.78, 5) is 2.07. The molecule has 4 nitrogen and oxygen atoms in total. The normalized spacial score (nSPS) is 14.1. The van der Waals surface area contributed by atoms with E-state index in [1.807, 2.05) is 20.8 Å². The predicted molar refractivity (Wildman–Crippen MR) is 50.5 cm³/mol. The minimum atomic E-state index is -2.48. The second kappa shape index (κ2) is 6.39. The quantitative estimate of drug-likeness (QED) is 0.468. The Balaban J connectivity index is 4.10. The average molecular weight is 194 g/mol. The highest BCUT2D eigenvalue weighted by Gasteiger charge is 2.12. The van der Waals surface area contributed by atoms with Crippen LogP contribution in [0.25, 0.3) is 0 Å². The van der Waals surface area contributed by atoms with E-state index < -0.39 is 10.9 Å². The van der Waals surface area contributed by atoms with Crippen LogP contribution in [0.4, 0.5) is 0 Å². The van der Waals surface area contributed by atoms with Gasteiger partial charge in [0.05, 0.1) is 6.17 Å². The van der Waals surface area contributed by atoms with Gasteiger partial charge >= 0.3 is 0 Å². The molecule has 0 aromatic heterocycles. The molecule has 0 heterocycles. The topological polar surface area (TPSA) is 49.4 Å². The summed E-state index contributed by atoms with van der Waals surface area (Å²) in [6.45, 7) is 7.74. The Kier molecular flexibility index (Phi) is 6.32. The SMILES string of the molecule is CCC(N[SH](=O)=O)N(CC)CC. The Morgan fingerprint density at radius 2 is 1.75 bits per heavy atom. The van der Waals surface area contributed by atoms with Gasteiger partial charge in [0.2, 0.25) is 10.9 Å². The van der Waals surface area contributed by atoms with Crippen molar-refractivity contribution < 1.29 is 8.42 Å². The Bertz CT molecular complexity index is 170. The third-order valence-electron chi connectivity index (χ3n) is 1.89. The summed E-state index contributed by atoms with van der Waals surface area (Å²) in [6.07, 6.45) is 0.756. The predicted octanol–water partition coefficient (Wildman–Crippen LogP) is 0.180. The molecular weight excluding hydrogens is 176 g/mol. The first-order valence-electron chi connectivity index (χ1n) is 4.30. The average Bonchev–Trinajstić information content (AvgIpc) is 2.04. The maximum absolute atomic E-state index is 10.4. The molecule has 0 aliphatic carbocycles. The van der Waals surface area contributed by atoms with Crippen LogP contribution in [0.15, 0.2) is 0 Å². The van der Waals surface area contributed by atoms with Crippen LogP contribution in [0.3, 0.4) is 0 Å². The molecule has 0 rings (SSSR count). The lowest BCUT2D eigenvalue weighted by Crippen LogP contribution is -2.44. The smallest absolute Gasteiger partial charge is 0.202 e. The van der Waals surface area contributed by atoms with Gasteiger partial charge in [0, 0.05) is 0 Å². The fourth-order valence-electron chi connectivity index (χ4n) is 1.22. The fraction of sp³-hybridized carbons (Fsp3) is 1.00. The van der Waals surface area contributed by atoms with Crippen molar-refractivity contribution in [3.8, 4) is 0 Å². The van der Waals surface area contributed by atoms with E-state index in [1.54, 1.807) is 0 Å². The first-order valence-corrected chi connectivity index (χ1v) is 5.48. The van der Waals surface area contributed by atoms with E-state index in [2.05, 4.69) is 9.62 Å². The molecule has 0 aliphatic heterocycles. The fourth-order valence-corrected chi connectivity index (χ4v) is 1.81. The maximum Gasteiger partial charge on any atom is 0.202 e. The largest absolute Gasteiger partial charge is 0.288 e. The molecule has 0 aromatic carbocycles. The molecule has 0 aromatic rings. The van der Waals surface area contributed by atoms with Gasteiger partial charge in [0.1, 0.15) is 0 Å². The van der Waals surface area contributed by atoms with Crippen LogP contribution >= 0.6 is 0 Å². The van der Waals surface area contributed by atoms with Crippen molar-refractivity contribution in [2.24, 2.45) is 0 Å². The van der Waals surface area contributed by atoms with E-state index in [0.29, 0.717) is 0 Å². The van der Waals surface area contributed by atoms with Crippen molar-refractivity contribution in [2.45, 2.75) is 33.4 Å². The molecule has 0 saturated carbocycles. The monoisotopic (exact) mass is 194 g/mol. The van der Waals surface area contributed by atoms with E-state index >= 15 is 0 Å². The van der Waals surface area contributed by atoms with Gasteiger partial charge in [-0.25, -0.2) is 13.1 Å². The Labute approximate surface area is 76.0 Å². The molecule has 12 heavy (non-hydrogen) atoms. The molecule has 5 heteroatoms. The van der Waals surface area contributed by atoms with Crippen LogP contribution < -0.4 is 4.72 Å². The Morgan fingerprint density at radius 3 is 2.00 bits per heavy atom. The van der Waals surface area contributed by atoms with Crippen molar-refractivity contribution in [1.82, 2.24) is 9.62 Å². The molecule has 0 spiro atoms. The lowest BCUT2D eigenvalue weighted by Gasteiger charge is -2.27. The van der Waals surface area contributed by atoms with Crippen LogP contribution in [0.5, 0.6) is 0 Å². The number of rotatable bonds is 6. The summed E-state index contributed by atoms with van der Waals surface area (Å²) in [5.41, 5.74) is 0. The summed E-state index contributed by atoms with van der Waals surface area (Å²) in [6, 6.07) is 0. The first kappa shape index (κ1) is 11.9. The van der Waals surface area contributed by atoms with Crippen molar-refractivity contribution in [2.75, 3.05) is 13.1 Å². The molecule has 0 bridgehead atoms. The van der Waals surface area contributed by atoms with E-state index in [0.717, 1.165) is 19.5 Å². The highest BCUT2D eigenvalue weighted by molar-refractivity contribution is 7.70. The first-order chi connectivity index (χ1) is 5.65. The van der Waals surface area contributed by atoms with Gasteiger partial charge in [0.25, 0.3) is 0 Å². The van der Waals surface area contributed by atoms with E-state index in [4.69, 9.17) is 0 Å². The molecule has 0 fully saturated rings. The number of hydrogen-bond acceptors (Lipinski definition) is 3. The van der Waals surface area contributed by atoms with Crippen LogP contribution in [-0.2, 0) is 10.9 Å². The highest BCUT2D eigenvalue weighted by atomic mass is 32.2. The van der Waals surface area contributed by atoms with Gasteiger partial charge in [-0.05, 0) is 19.5 Å². The number of hydrogen-bond donors (Lipinski definition) is 2. The van der Waals surface area contributed by atoms with Crippen molar-refractivity contribution >= 4 is 10.9 Å². The van der Waals surface area contributed by atoms with Gasteiger partial charge in [-0.3, -0.25) is 4.90 Å². The summed E-state index contributed by atoms with van der Waals surface area (Å²) in [5.74, 6) is 0. The van der Waals surface area contributed by atoms with Gasteiger partial charge in [-0.2, -0.15) is 0 Å². The van der Waals surface area contributed by atoms with Crippen molar-refractivity contribution in [3.05, 3.63) is 0 Å². The van der Waals surface area contributed by atoms with Crippen LogP contribution in [0.2, 0.25) is 0 Å². The lowest BCUT2D eigenvalue weighted by atomic mass is 10.3. The molecule has 0 radical (unpaired) electrons. The molecule has 1 unspecified atom stereocenters. The number of nitrogens with zero attached hydrogens (tertiary/aromatic N) is 1. The molecular formula is C7H18N2O2S. The number of nitrogens with one attached hydrogen (secondary N) is 1. The van der Waals surface area contributed by atoms with Crippen LogP contribution in [-0.4, -0.2) is 32.6 Å². The zero-order chi connectivity index (χ0) is 9.56. The van der Waals surface area contributed by atoms with Gasteiger partial charge in [-0.15, -0.1) is 0 Å². The zero-order valence-corrected chi connectivity index (χ0v) is 8.80. The van der Waals surface area contributed by atoms with Crippen LogP contribution in [0, 0.1) is 0 Å². The number of thiol groups is 1.